The fraction of sp³-hybridized carbons (Fsp3) is 0.133. The quantitative estimate of drug-likeness (QED) is 0.835. The van der Waals surface area contributed by atoms with E-state index in [2.05, 4.69) is 10.6 Å². The van der Waals surface area contributed by atoms with Crippen molar-refractivity contribution < 1.29 is 21.6 Å². The van der Waals surface area contributed by atoms with Gasteiger partial charge in [-0.1, -0.05) is 36.4 Å². The van der Waals surface area contributed by atoms with Crippen LogP contribution in [0.4, 0.5) is 4.79 Å². The molecule has 0 unspecified atom stereocenters. The Morgan fingerprint density at radius 2 is 0.958 bits per heavy atom. The molecule has 2 N–H and O–H groups in total. The average molecular weight is 366 g/mol. The summed E-state index contributed by atoms with van der Waals surface area (Å²) >= 11 is 0. The predicted molar refractivity (Wildman–Crippen MR) is 86.5 cm³/mol. The largest absolute Gasteiger partial charge is 0.318 e. The van der Waals surface area contributed by atoms with Gasteiger partial charge < -0.3 is 10.6 Å². The molecule has 1 fully saturated rings. The molecule has 0 aromatic heterocycles. The predicted octanol–water partition coefficient (Wildman–Crippen LogP) is 0.899. The van der Waals surface area contributed by atoms with E-state index in [1.54, 1.807) is 12.1 Å². The van der Waals surface area contributed by atoms with Crippen molar-refractivity contribution in [3.05, 3.63) is 60.7 Å². The topological polar surface area (TPSA) is 109 Å². The lowest BCUT2D eigenvalue weighted by Crippen LogP contribution is -2.45. The third-order valence-electron chi connectivity index (χ3n) is 3.63. The minimum Gasteiger partial charge on any atom is -0.318 e. The fourth-order valence-electron chi connectivity index (χ4n) is 2.45. The minimum atomic E-state index is -4.09. The first kappa shape index (κ1) is 16.5. The highest BCUT2D eigenvalue weighted by molar-refractivity contribution is 7.96. The second kappa shape index (κ2) is 5.91. The molecule has 2 amide bonds. The van der Waals surface area contributed by atoms with Gasteiger partial charge in [-0.2, -0.15) is 0 Å². The van der Waals surface area contributed by atoms with Crippen LogP contribution in [0, 0.1) is 0 Å². The fourth-order valence-corrected chi connectivity index (χ4v) is 6.29. The first-order valence-corrected chi connectivity index (χ1v) is 10.1. The molecule has 0 bridgehead atoms. The van der Waals surface area contributed by atoms with Crippen LogP contribution in [0.2, 0.25) is 0 Å². The molecule has 2 atom stereocenters. The zero-order chi connectivity index (χ0) is 17.4. The lowest BCUT2D eigenvalue weighted by atomic mass is 10.4. The van der Waals surface area contributed by atoms with Crippen LogP contribution in [-0.4, -0.2) is 33.6 Å². The lowest BCUT2D eigenvalue weighted by molar-refractivity contribution is 0.247. The maximum Gasteiger partial charge on any atom is 0.317 e. The van der Waals surface area contributed by atoms with Gasteiger partial charge in [-0.25, -0.2) is 21.6 Å². The van der Waals surface area contributed by atoms with Gasteiger partial charge in [0.25, 0.3) is 0 Å². The maximum absolute atomic E-state index is 12.7. The Kier molecular flexibility index (Phi) is 4.06. The summed E-state index contributed by atoms with van der Waals surface area (Å²) in [5, 5.41) is 1.18. The van der Waals surface area contributed by atoms with E-state index in [-0.39, 0.29) is 9.79 Å². The summed E-state index contributed by atoms with van der Waals surface area (Å²) in [5.41, 5.74) is 0. The van der Waals surface area contributed by atoms with Crippen LogP contribution in [-0.2, 0) is 19.7 Å². The van der Waals surface area contributed by atoms with Gasteiger partial charge >= 0.3 is 6.03 Å². The van der Waals surface area contributed by atoms with Gasteiger partial charge in [-0.15, -0.1) is 0 Å². The molecular formula is C15H14N2O5S2. The van der Waals surface area contributed by atoms with E-state index in [9.17, 15) is 21.6 Å². The van der Waals surface area contributed by atoms with Crippen LogP contribution in [0.25, 0.3) is 0 Å². The summed E-state index contributed by atoms with van der Waals surface area (Å²) in [6, 6.07) is 14.0. The van der Waals surface area contributed by atoms with E-state index >= 15 is 0 Å². The van der Waals surface area contributed by atoms with Gasteiger partial charge in [-0.05, 0) is 24.3 Å². The van der Waals surface area contributed by atoms with Gasteiger partial charge in [-0.3, -0.25) is 0 Å². The number of nitrogens with one attached hydrogen (secondary N) is 2. The number of sulfone groups is 2. The van der Waals surface area contributed by atoms with Crippen LogP contribution in [0.3, 0.4) is 0 Å². The molecule has 9 heteroatoms. The number of hydrogen-bond acceptors (Lipinski definition) is 5. The molecule has 1 aliphatic heterocycles. The molecule has 1 aliphatic rings. The van der Waals surface area contributed by atoms with Gasteiger partial charge in [0.15, 0.2) is 10.7 Å². The Hall–Kier alpha value is -2.39. The Balaban J connectivity index is 2.07. The van der Waals surface area contributed by atoms with Crippen molar-refractivity contribution in [1.82, 2.24) is 10.6 Å². The maximum atomic E-state index is 12.7. The normalized spacial score (nSPS) is 21.1. The minimum absolute atomic E-state index is 0.0627. The Labute approximate surface area is 139 Å². The van der Waals surface area contributed by atoms with Crippen LogP contribution >= 0.6 is 0 Å². The van der Waals surface area contributed by atoms with E-state index in [4.69, 9.17) is 0 Å². The molecular weight excluding hydrogens is 352 g/mol. The Morgan fingerprint density at radius 3 is 1.29 bits per heavy atom. The SMILES string of the molecule is O=C1N[C@@H](S(=O)(=O)c2ccccc2)[C@H](S(=O)(=O)c2ccccc2)N1. The summed E-state index contributed by atoms with van der Waals surface area (Å²) < 4.78 is 51.0. The van der Waals surface area contributed by atoms with Gasteiger partial charge in [0.05, 0.1) is 9.79 Å². The highest BCUT2D eigenvalue weighted by Crippen LogP contribution is 2.26. The molecule has 1 heterocycles. The van der Waals surface area contributed by atoms with Crippen molar-refractivity contribution in [2.45, 2.75) is 20.5 Å². The smallest absolute Gasteiger partial charge is 0.317 e. The van der Waals surface area contributed by atoms with Crippen LogP contribution in [0.15, 0.2) is 70.5 Å². The molecule has 126 valence electrons. The van der Waals surface area contributed by atoms with E-state index in [1.807, 2.05) is 0 Å². The molecule has 2 aromatic rings. The Morgan fingerprint density at radius 1 is 0.625 bits per heavy atom. The van der Waals surface area contributed by atoms with E-state index in [0.29, 0.717) is 0 Å². The van der Waals surface area contributed by atoms with E-state index in [0.717, 1.165) is 0 Å². The summed E-state index contributed by atoms with van der Waals surface area (Å²) in [5.74, 6) is 0. The number of carbonyl (C=O) groups is 1. The Bertz CT molecular complexity index is 878. The highest BCUT2D eigenvalue weighted by Gasteiger charge is 2.49. The molecule has 7 nitrogen and oxygen atoms in total. The van der Waals surface area contributed by atoms with Crippen LogP contribution in [0.5, 0.6) is 0 Å². The summed E-state index contributed by atoms with van der Waals surface area (Å²) in [7, 11) is -8.17. The van der Waals surface area contributed by atoms with Crippen molar-refractivity contribution >= 4 is 25.7 Å². The first-order chi connectivity index (χ1) is 11.3. The van der Waals surface area contributed by atoms with Gasteiger partial charge in [0, 0.05) is 0 Å². The second-order valence-electron chi connectivity index (χ2n) is 5.18. The number of rotatable bonds is 4. The van der Waals surface area contributed by atoms with E-state index in [1.165, 1.54) is 48.5 Å². The first-order valence-electron chi connectivity index (χ1n) is 6.98. The number of urea groups is 1. The lowest BCUT2D eigenvalue weighted by Gasteiger charge is -2.19. The third-order valence-corrected chi connectivity index (χ3v) is 7.78. The van der Waals surface area contributed by atoms with Crippen LogP contribution in [0.1, 0.15) is 0 Å². The second-order valence-corrected chi connectivity index (χ2v) is 9.31. The summed E-state index contributed by atoms with van der Waals surface area (Å²) in [6.45, 7) is 0. The number of carbonyl (C=O) groups excluding carboxylic acids is 1. The molecule has 0 spiro atoms. The van der Waals surface area contributed by atoms with Gasteiger partial charge in [0.2, 0.25) is 19.7 Å². The number of amides is 2. The zero-order valence-electron chi connectivity index (χ0n) is 12.3. The molecule has 1 saturated heterocycles. The monoisotopic (exact) mass is 366 g/mol. The van der Waals surface area contributed by atoms with Crippen molar-refractivity contribution in [3.8, 4) is 0 Å². The summed E-state index contributed by atoms with van der Waals surface area (Å²) in [4.78, 5) is 11.5. The average Bonchev–Trinajstić information content (AvgIpc) is 3.00. The van der Waals surface area contributed by atoms with Crippen LogP contribution < -0.4 is 10.6 Å². The summed E-state index contributed by atoms with van der Waals surface area (Å²) in [6.07, 6.45) is 0. The zero-order valence-corrected chi connectivity index (χ0v) is 13.9. The number of hydrogen-bond donors (Lipinski definition) is 2. The standard InChI is InChI=1S/C15H14N2O5S2/c18-15-16-13(23(19,20)11-7-3-1-4-8-11)14(17-15)24(21,22)12-9-5-2-6-10-12/h1-10,13-14H,(H2,16,17,18)/t13-,14-/m0/s1. The molecule has 0 radical (unpaired) electrons. The van der Waals surface area contributed by atoms with Crippen molar-refractivity contribution in [3.63, 3.8) is 0 Å². The molecule has 2 aromatic carbocycles. The van der Waals surface area contributed by atoms with E-state index < -0.39 is 36.5 Å². The molecule has 0 aliphatic carbocycles. The van der Waals surface area contributed by atoms with Crippen molar-refractivity contribution in [2.24, 2.45) is 0 Å². The third kappa shape index (κ3) is 2.76. The van der Waals surface area contributed by atoms with Crippen molar-refractivity contribution in [2.75, 3.05) is 0 Å². The molecule has 3 rings (SSSR count). The highest BCUT2D eigenvalue weighted by atomic mass is 32.2. The molecule has 0 saturated carbocycles. The van der Waals surface area contributed by atoms with Gasteiger partial charge in [0.1, 0.15) is 0 Å². The van der Waals surface area contributed by atoms with Crippen molar-refractivity contribution in [1.29, 1.82) is 0 Å². The molecule has 24 heavy (non-hydrogen) atoms. The number of benzene rings is 2.